The van der Waals surface area contributed by atoms with Gasteiger partial charge in [0.2, 0.25) is 0 Å². The lowest BCUT2D eigenvalue weighted by Gasteiger charge is -2.23. The third-order valence-electron chi connectivity index (χ3n) is 4.25. The Kier molecular flexibility index (Phi) is 5.11. The molecule has 1 saturated heterocycles. The smallest absolute Gasteiger partial charge is 0.355 e. The van der Waals surface area contributed by atoms with Crippen molar-refractivity contribution in [1.29, 1.82) is 0 Å². The molecule has 0 bridgehead atoms. The summed E-state index contributed by atoms with van der Waals surface area (Å²) in [5, 5.41) is 0. The fraction of sp³-hybridized carbons (Fsp3) is 0.389. The number of alkyl halides is 3. The van der Waals surface area contributed by atoms with Gasteiger partial charge in [-0.15, -0.1) is 0 Å². The molecule has 1 aliphatic heterocycles. The van der Waals surface area contributed by atoms with E-state index in [1.165, 1.54) is 12.3 Å². The van der Waals surface area contributed by atoms with Crippen LogP contribution in [0.5, 0.6) is 0 Å². The van der Waals surface area contributed by atoms with Gasteiger partial charge in [-0.2, -0.15) is 13.2 Å². The van der Waals surface area contributed by atoms with Crippen LogP contribution in [-0.4, -0.2) is 47.0 Å². The first-order valence-corrected chi connectivity index (χ1v) is 8.35. The number of halogens is 3. The summed E-state index contributed by atoms with van der Waals surface area (Å²) in [6.07, 6.45) is -0.600. The van der Waals surface area contributed by atoms with Gasteiger partial charge in [-0.25, -0.2) is 4.98 Å². The molecule has 3 rings (SSSR count). The van der Waals surface area contributed by atoms with Crippen LogP contribution in [-0.2, 0) is 6.18 Å². The molecule has 26 heavy (non-hydrogen) atoms. The number of hydrogen-bond donors (Lipinski definition) is 0. The maximum Gasteiger partial charge on any atom is 0.433 e. The van der Waals surface area contributed by atoms with E-state index in [4.69, 9.17) is 0 Å². The van der Waals surface area contributed by atoms with Crippen LogP contribution in [0.15, 0.2) is 36.7 Å². The molecule has 1 fully saturated rings. The second-order valence-electron chi connectivity index (χ2n) is 6.26. The molecule has 8 heteroatoms. The van der Waals surface area contributed by atoms with Crippen LogP contribution in [0.3, 0.4) is 0 Å². The van der Waals surface area contributed by atoms with Crippen molar-refractivity contribution >= 4 is 11.7 Å². The van der Waals surface area contributed by atoms with Crippen molar-refractivity contribution in [2.24, 2.45) is 0 Å². The lowest BCUT2D eigenvalue weighted by Crippen LogP contribution is -2.35. The topological polar surface area (TPSA) is 49.3 Å². The van der Waals surface area contributed by atoms with Crippen molar-refractivity contribution < 1.29 is 18.0 Å². The van der Waals surface area contributed by atoms with Crippen LogP contribution in [0.25, 0.3) is 0 Å². The molecule has 0 aromatic carbocycles. The second-order valence-corrected chi connectivity index (χ2v) is 6.26. The Morgan fingerprint density at radius 1 is 1.12 bits per heavy atom. The largest absolute Gasteiger partial charge is 0.433 e. The van der Waals surface area contributed by atoms with Crippen molar-refractivity contribution in [1.82, 2.24) is 14.9 Å². The van der Waals surface area contributed by atoms with Gasteiger partial charge in [-0.1, -0.05) is 6.07 Å². The third-order valence-corrected chi connectivity index (χ3v) is 4.25. The minimum absolute atomic E-state index is 0.111. The summed E-state index contributed by atoms with van der Waals surface area (Å²) in [6.45, 7) is 3.81. The van der Waals surface area contributed by atoms with Crippen LogP contribution in [0.2, 0.25) is 0 Å². The van der Waals surface area contributed by atoms with Gasteiger partial charge in [0, 0.05) is 38.6 Å². The first kappa shape index (κ1) is 18.2. The molecule has 138 valence electrons. The second kappa shape index (κ2) is 7.31. The summed E-state index contributed by atoms with van der Waals surface area (Å²) in [4.78, 5) is 23.9. The highest BCUT2D eigenvalue weighted by Crippen LogP contribution is 2.29. The van der Waals surface area contributed by atoms with Crippen LogP contribution in [0, 0.1) is 6.92 Å². The summed E-state index contributed by atoms with van der Waals surface area (Å²) in [5.74, 6) is 0.173. The van der Waals surface area contributed by atoms with E-state index in [0.717, 1.165) is 11.6 Å². The zero-order valence-electron chi connectivity index (χ0n) is 14.3. The minimum atomic E-state index is -4.47. The Labute approximate surface area is 149 Å². The summed E-state index contributed by atoms with van der Waals surface area (Å²) in [7, 11) is 0. The Bertz CT molecular complexity index is 794. The quantitative estimate of drug-likeness (QED) is 0.821. The first-order chi connectivity index (χ1) is 12.3. The molecule has 1 aliphatic rings. The van der Waals surface area contributed by atoms with Crippen LogP contribution < -0.4 is 4.90 Å². The lowest BCUT2D eigenvalue weighted by atomic mass is 10.2. The predicted octanol–water partition coefficient (Wildman–Crippen LogP) is 3.16. The molecular weight excluding hydrogens is 345 g/mol. The highest BCUT2D eigenvalue weighted by molar-refractivity contribution is 5.94. The van der Waals surface area contributed by atoms with Crippen LogP contribution in [0.4, 0.5) is 19.0 Å². The molecule has 3 heterocycles. The molecular formula is C18H19F3N4O. The molecule has 0 aliphatic carbocycles. The molecule has 2 aromatic heterocycles. The van der Waals surface area contributed by atoms with Crippen LogP contribution in [0.1, 0.15) is 28.0 Å². The SMILES string of the molecule is Cc1cncc(C(=O)N2CCCN(c3cccc(C(F)(F)F)n3)CC2)c1. The maximum absolute atomic E-state index is 12.9. The van der Waals surface area contributed by atoms with Gasteiger partial charge in [0.1, 0.15) is 11.5 Å². The number of pyridine rings is 2. The molecule has 0 unspecified atom stereocenters. The van der Waals surface area contributed by atoms with Crippen molar-refractivity contribution in [3.05, 3.63) is 53.5 Å². The highest BCUT2D eigenvalue weighted by atomic mass is 19.4. The van der Waals surface area contributed by atoms with Crippen molar-refractivity contribution in [2.45, 2.75) is 19.5 Å². The average Bonchev–Trinajstić information content (AvgIpc) is 2.87. The molecule has 0 N–H and O–H groups in total. The van der Waals surface area contributed by atoms with E-state index in [9.17, 15) is 18.0 Å². The molecule has 0 spiro atoms. The monoisotopic (exact) mass is 364 g/mol. The first-order valence-electron chi connectivity index (χ1n) is 8.35. The van der Waals surface area contributed by atoms with Gasteiger partial charge in [0.25, 0.3) is 5.91 Å². The molecule has 0 saturated carbocycles. The maximum atomic E-state index is 12.9. The van der Waals surface area contributed by atoms with E-state index in [1.807, 2.05) is 6.92 Å². The minimum Gasteiger partial charge on any atom is -0.355 e. The number of aryl methyl sites for hydroxylation is 1. The van der Waals surface area contributed by atoms with Crippen LogP contribution >= 0.6 is 0 Å². The molecule has 1 amide bonds. The van der Waals surface area contributed by atoms with Gasteiger partial charge in [-0.3, -0.25) is 9.78 Å². The standard InChI is InChI=1S/C18H19F3N4O/c1-13-10-14(12-22-11-13)17(26)25-7-3-6-24(8-9-25)16-5-2-4-15(23-16)18(19,20)21/h2,4-5,10-12H,3,6-9H2,1H3. The fourth-order valence-corrected chi connectivity index (χ4v) is 2.96. The van der Waals surface area contributed by atoms with E-state index >= 15 is 0 Å². The van der Waals surface area contributed by atoms with Gasteiger partial charge in [0.15, 0.2) is 0 Å². The fourth-order valence-electron chi connectivity index (χ4n) is 2.96. The average molecular weight is 364 g/mol. The Morgan fingerprint density at radius 3 is 2.65 bits per heavy atom. The number of carbonyl (C=O) groups excluding carboxylic acids is 1. The number of hydrogen-bond acceptors (Lipinski definition) is 4. The van der Waals surface area contributed by atoms with Crippen molar-refractivity contribution in [2.75, 3.05) is 31.1 Å². The molecule has 0 radical (unpaired) electrons. The normalized spacial score (nSPS) is 15.7. The summed E-state index contributed by atoms with van der Waals surface area (Å²) in [5.41, 5.74) is 0.522. The zero-order valence-corrected chi connectivity index (χ0v) is 14.3. The molecule has 2 aromatic rings. The van der Waals surface area contributed by atoms with E-state index < -0.39 is 11.9 Å². The van der Waals surface area contributed by atoms with Crippen molar-refractivity contribution in [3.8, 4) is 0 Å². The number of nitrogens with zero attached hydrogens (tertiary/aromatic N) is 4. The van der Waals surface area contributed by atoms with Gasteiger partial charge in [-0.05, 0) is 37.1 Å². The molecule has 0 atom stereocenters. The van der Waals surface area contributed by atoms with Crippen molar-refractivity contribution in [3.63, 3.8) is 0 Å². The summed E-state index contributed by atoms with van der Waals surface area (Å²) < 4.78 is 38.6. The van der Waals surface area contributed by atoms with Gasteiger partial charge >= 0.3 is 6.18 Å². The van der Waals surface area contributed by atoms with E-state index in [2.05, 4.69) is 9.97 Å². The summed E-state index contributed by atoms with van der Waals surface area (Å²) >= 11 is 0. The molecule has 5 nitrogen and oxygen atoms in total. The lowest BCUT2D eigenvalue weighted by molar-refractivity contribution is -0.141. The number of anilines is 1. The van der Waals surface area contributed by atoms with E-state index in [0.29, 0.717) is 38.2 Å². The van der Waals surface area contributed by atoms with Gasteiger partial charge < -0.3 is 9.80 Å². The predicted molar refractivity (Wildman–Crippen MR) is 90.9 cm³/mol. The zero-order chi connectivity index (χ0) is 18.7. The number of aromatic nitrogens is 2. The van der Waals surface area contributed by atoms with Gasteiger partial charge in [0.05, 0.1) is 5.56 Å². The Hall–Kier alpha value is -2.64. The summed E-state index contributed by atoms with van der Waals surface area (Å²) in [6, 6.07) is 5.67. The van der Waals surface area contributed by atoms with E-state index in [1.54, 1.807) is 28.1 Å². The number of carbonyl (C=O) groups is 1. The number of rotatable bonds is 2. The number of amides is 1. The Morgan fingerprint density at radius 2 is 1.92 bits per heavy atom. The van der Waals surface area contributed by atoms with E-state index in [-0.39, 0.29) is 11.7 Å². The Balaban J connectivity index is 1.72. The third kappa shape index (κ3) is 4.12. The highest BCUT2D eigenvalue weighted by Gasteiger charge is 2.33.